The highest BCUT2D eigenvalue weighted by Gasteiger charge is 2.15. The van der Waals surface area contributed by atoms with Crippen LogP contribution in [0.3, 0.4) is 0 Å². The van der Waals surface area contributed by atoms with E-state index in [1.807, 2.05) is 31.2 Å². The van der Waals surface area contributed by atoms with Crippen molar-refractivity contribution in [3.8, 4) is 0 Å². The Kier molecular flexibility index (Phi) is 4.60. The predicted molar refractivity (Wildman–Crippen MR) is 83.4 cm³/mol. The molecule has 0 fully saturated rings. The van der Waals surface area contributed by atoms with Crippen molar-refractivity contribution in [2.24, 2.45) is 0 Å². The summed E-state index contributed by atoms with van der Waals surface area (Å²) in [5.74, 6) is 0. The number of halogens is 4. The molecule has 0 aliphatic carbocycles. The topological polar surface area (TPSA) is 0 Å². The molecule has 94 valence electrons. The fourth-order valence-corrected chi connectivity index (χ4v) is 3.03. The van der Waals surface area contributed by atoms with E-state index in [0.29, 0.717) is 10.0 Å². The lowest BCUT2D eigenvalue weighted by Gasteiger charge is -2.14. The van der Waals surface area contributed by atoms with Gasteiger partial charge >= 0.3 is 0 Å². The number of benzene rings is 2. The highest BCUT2D eigenvalue weighted by atomic mass is 79.9. The van der Waals surface area contributed by atoms with Crippen molar-refractivity contribution < 1.29 is 0 Å². The van der Waals surface area contributed by atoms with Crippen LogP contribution in [0.15, 0.2) is 36.4 Å². The van der Waals surface area contributed by atoms with E-state index in [1.54, 1.807) is 12.1 Å². The van der Waals surface area contributed by atoms with Crippen molar-refractivity contribution in [3.05, 3.63) is 68.2 Å². The molecule has 0 saturated heterocycles. The van der Waals surface area contributed by atoms with Crippen LogP contribution in [-0.4, -0.2) is 0 Å². The molecule has 2 aromatic carbocycles. The molecule has 2 aromatic rings. The third kappa shape index (κ3) is 3.03. The van der Waals surface area contributed by atoms with Crippen LogP contribution in [0, 0.1) is 6.92 Å². The Labute approximate surface area is 130 Å². The van der Waals surface area contributed by atoms with E-state index < -0.39 is 0 Å². The molecule has 0 spiro atoms. The molecule has 0 bridgehead atoms. The third-order valence-electron chi connectivity index (χ3n) is 2.71. The van der Waals surface area contributed by atoms with Gasteiger partial charge in [0.25, 0.3) is 0 Å². The van der Waals surface area contributed by atoms with Gasteiger partial charge in [0, 0.05) is 15.1 Å². The largest absolute Gasteiger partial charge is 0.0843 e. The molecule has 0 aliphatic rings. The van der Waals surface area contributed by atoms with Gasteiger partial charge < -0.3 is 0 Å². The number of hydrogen-bond acceptors (Lipinski definition) is 0. The van der Waals surface area contributed by atoms with Gasteiger partial charge in [-0.15, -0.1) is 0 Å². The maximum absolute atomic E-state index is 6.20. The van der Waals surface area contributed by atoms with Crippen LogP contribution in [-0.2, 0) is 0 Å². The van der Waals surface area contributed by atoms with Crippen LogP contribution >= 0.6 is 50.7 Å². The summed E-state index contributed by atoms with van der Waals surface area (Å²) in [7, 11) is 0. The minimum absolute atomic E-state index is 0.000309. The Morgan fingerprint density at radius 3 is 2.28 bits per heavy atom. The van der Waals surface area contributed by atoms with Gasteiger partial charge in [-0.1, -0.05) is 62.9 Å². The first kappa shape index (κ1) is 14.2. The van der Waals surface area contributed by atoms with E-state index in [9.17, 15) is 0 Å². The highest BCUT2D eigenvalue weighted by molar-refractivity contribution is 9.09. The van der Waals surface area contributed by atoms with Crippen molar-refractivity contribution in [1.82, 2.24) is 0 Å². The van der Waals surface area contributed by atoms with Crippen LogP contribution in [0.4, 0.5) is 0 Å². The summed E-state index contributed by atoms with van der Waals surface area (Å²) in [6.45, 7) is 1.98. The van der Waals surface area contributed by atoms with Crippen molar-refractivity contribution in [3.63, 3.8) is 0 Å². The molecule has 0 radical (unpaired) electrons. The van der Waals surface area contributed by atoms with E-state index in [1.165, 1.54) is 0 Å². The normalized spacial score (nSPS) is 12.5. The lowest BCUT2D eigenvalue weighted by Crippen LogP contribution is -1.95. The average Bonchev–Trinajstić information content (AvgIpc) is 2.35. The zero-order chi connectivity index (χ0) is 13.3. The molecule has 18 heavy (non-hydrogen) atoms. The second-order valence-corrected chi connectivity index (χ2v) is 6.20. The quantitative estimate of drug-likeness (QED) is 0.538. The Bertz CT molecular complexity index is 581. The second kappa shape index (κ2) is 5.83. The lowest BCUT2D eigenvalue weighted by atomic mass is 10.0. The maximum atomic E-state index is 6.20. The van der Waals surface area contributed by atoms with Gasteiger partial charge in [-0.25, -0.2) is 0 Å². The van der Waals surface area contributed by atoms with E-state index in [2.05, 4.69) is 15.9 Å². The van der Waals surface area contributed by atoms with Crippen LogP contribution in [0.25, 0.3) is 0 Å². The molecular formula is C14H10BrCl3. The minimum atomic E-state index is -0.000309. The second-order valence-electron chi connectivity index (χ2n) is 4.04. The monoisotopic (exact) mass is 362 g/mol. The van der Waals surface area contributed by atoms with Crippen LogP contribution in [0.1, 0.15) is 21.5 Å². The molecule has 0 nitrogen and oxygen atoms in total. The molecule has 0 aliphatic heterocycles. The lowest BCUT2D eigenvalue weighted by molar-refractivity contribution is 1.17. The Balaban J connectivity index is 2.44. The molecule has 0 aromatic heterocycles. The van der Waals surface area contributed by atoms with Crippen LogP contribution in [0.5, 0.6) is 0 Å². The van der Waals surface area contributed by atoms with Gasteiger partial charge in [0.05, 0.1) is 4.83 Å². The van der Waals surface area contributed by atoms with Crippen molar-refractivity contribution >= 4 is 50.7 Å². The fraction of sp³-hybridized carbons (Fsp3) is 0.143. The molecule has 0 N–H and O–H groups in total. The van der Waals surface area contributed by atoms with Crippen molar-refractivity contribution in [1.29, 1.82) is 0 Å². The number of hydrogen-bond donors (Lipinski definition) is 0. The molecule has 0 amide bonds. The predicted octanol–water partition coefficient (Wildman–Crippen LogP) is 6.44. The van der Waals surface area contributed by atoms with E-state index in [4.69, 9.17) is 34.8 Å². The Morgan fingerprint density at radius 1 is 0.944 bits per heavy atom. The maximum Gasteiger partial charge on any atom is 0.0659 e. The summed E-state index contributed by atoms with van der Waals surface area (Å²) in [4.78, 5) is -0.000309. The van der Waals surface area contributed by atoms with Crippen LogP contribution in [0.2, 0.25) is 15.1 Å². The number of rotatable bonds is 2. The first-order valence-electron chi connectivity index (χ1n) is 5.34. The fourth-order valence-electron chi connectivity index (χ4n) is 1.71. The smallest absolute Gasteiger partial charge is 0.0659 e. The van der Waals surface area contributed by atoms with Crippen LogP contribution < -0.4 is 0 Å². The molecule has 1 atom stereocenters. The van der Waals surface area contributed by atoms with Gasteiger partial charge in [0.2, 0.25) is 0 Å². The Hall–Kier alpha value is -0.210. The molecule has 0 heterocycles. The van der Waals surface area contributed by atoms with Gasteiger partial charge in [0.1, 0.15) is 0 Å². The summed E-state index contributed by atoms with van der Waals surface area (Å²) in [5, 5.41) is 2.12. The van der Waals surface area contributed by atoms with E-state index in [-0.39, 0.29) is 4.83 Å². The summed E-state index contributed by atoms with van der Waals surface area (Å²) in [6.07, 6.45) is 0. The van der Waals surface area contributed by atoms with E-state index >= 15 is 0 Å². The van der Waals surface area contributed by atoms with Crippen molar-refractivity contribution in [2.45, 2.75) is 11.8 Å². The number of aryl methyl sites for hydroxylation is 1. The first-order chi connectivity index (χ1) is 8.49. The highest BCUT2D eigenvalue weighted by Crippen LogP contribution is 2.37. The summed E-state index contributed by atoms with van der Waals surface area (Å²) >= 11 is 21.9. The average molecular weight is 364 g/mol. The number of alkyl halides is 1. The standard InChI is InChI=1S/C14H10BrCl3/c1-8-6-9(2-4-12(8)17)14(15)11-7-10(16)3-5-13(11)18/h2-7,14H,1H3. The molecule has 1 unspecified atom stereocenters. The summed E-state index contributed by atoms with van der Waals surface area (Å²) in [5.41, 5.74) is 3.09. The first-order valence-corrected chi connectivity index (χ1v) is 7.39. The van der Waals surface area contributed by atoms with E-state index in [0.717, 1.165) is 21.7 Å². The van der Waals surface area contributed by atoms with Gasteiger partial charge in [-0.3, -0.25) is 0 Å². The molecule has 2 rings (SSSR count). The summed E-state index contributed by atoms with van der Waals surface area (Å²) in [6, 6.07) is 11.4. The third-order valence-corrected chi connectivity index (χ3v) is 4.73. The molecule has 4 heteroatoms. The molecular weight excluding hydrogens is 354 g/mol. The Morgan fingerprint density at radius 2 is 1.61 bits per heavy atom. The minimum Gasteiger partial charge on any atom is -0.0843 e. The van der Waals surface area contributed by atoms with Gasteiger partial charge in [0.15, 0.2) is 0 Å². The summed E-state index contributed by atoms with van der Waals surface area (Å²) < 4.78 is 0. The van der Waals surface area contributed by atoms with Gasteiger partial charge in [-0.05, 0) is 47.9 Å². The zero-order valence-corrected chi connectivity index (χ0v) is 13.4. The SMILES string of the molecule is Cc1cc(C(Br)c2cc(Cl)ccc2Cl)ccc1Cl. The molecule has 0 saturated carbocycles. The van der Waals surface area contributed by atoms with Crippen molar-refractivity contribution in [2.75, 3.05) is 0 Å². The van der Waals surface area contributed by atoms with Gasteiger partial charge in [-0.2, -0.15) is 0 Å². The zero-order valence-electron chi connectivity index (χ0n) is 9.55.